The van der Waals surface area contributed by atoms with Crippen LogP contribution in [0.4, 0.5) is 4.79 Å². The Morgan fingerprint density at radius 3 is 2.50 bits per heavy atom. The number of carboxylic acids is 1. The van der Waals surface area contributed by atoms with Crippen LogP contribution in [-0.4, -0.2) is 54.2 Å². The second-order valence-electron chi connectivity index (χ2n) is 4.98. The number of carbonyl (C=O) groups is 2. The summed E-state index contributed by atoms with van der Waals surface area (Å²) in [5.41, 5.74) is 0. The molecule has 0 aromatic carbocycles. The van der Waals surface area contributed by atoms with Gasteiger partial charge in [0.25, 0.3) is 0 Å². The molecule has 0 bridgehead atoms. The summed E-state index contributed by atoms with van der Waals surface area (Å²) in [6, 6.07) is -1.02. The van der Waals surface area contributed by atoms with Crippen molar-refractivity contribution in [2.45, 2.75) is 45.2 Å². The molecule has 2 amide bonds. The predicted molar refractivity (Wildman–Crippen MR) is 78.4 cm³/mol. The second-order valence-corrected chi connectivity index (χ2v) is 4.98. The van der Waals surface area contributed by atoms with Gasteiger partial charge in [0.1, 0.15) is 6.04 Å². The Morgan fingerprint density at radius 1 is 1.35 bits per heavy atom. The van der Waals surface area contributed by atoms with Gasteiger partial charge in [-0.15, -0.1) is 12.3 Å². The molecule has 1 unspecified atom stereocenters. The van der Waals surface area contributed by atoms with Crippen molar-refractivity contribution in [3.63, 3.8) is 0 Å². The number of terminal acetylenes is 1. The lowest BCUT2D eigenvalue weighted by molar-refractivity contribution is -0.139. The molecule has 0 radical (unpaired) electrons. The molecule has 0 saturated carbocycles. The van der Waals surface area contributed by atoms with Crippen molar-refractivity contribution in [3.05, 3.63) is 0 Å². The average Bonchev–Trinajstić information content (AvgIpc) is 2.37. The quantitative estimate of drug-likeness (QED) is 0.433. The molecule has 6 heteroatoms. The van der Waals surface area contributed by atoms with Gasteiger partial charge in [0, 0.05) is 19.0 Å². The Labute approximate surface area is 120 Å². The lowest BCUT2D eigenvalue weighted by Crippen LogP contribution is -2.46. The standard InChI is InChI=1S/C14H25N3O3/c1-5-8-12(13(18)19)16-14(20)15-9-6-7-10-17(4)11(2)3/h1,11-12H,6-10H2,2-4H3,(H,18,19)(H2,15,16,20). The van der Waals surface area contributed by atoms with Crippen LogP contribution in [-0.2, 0) is 4.79 Å². The summed E-state index contributed by atoms with van der Waals surface area (Å²) in [5.74, 6) is 1.10. The van der Waals surface area contributed by atoms with E-state index in [0.717, 1.165) is 19.4 Å². The van der Waals surface area contributed by atoms with Gasteiger partial charge in [-0.3, -0.25) is 0 Å². The van der Waals surface area contributed by atoms with Crippen LogP contribution in [0.1, 0.15) is 33.1 Å². The minimum atomic E-state index is -1.13. The van der Waals surface area contributed by atoms with Gasteiger partial charge in [-0.25, -0.2) is 9.59 Å². The summed E-state index contributed by atoms with van der Waals surface area (Å²) < 4.78 is 0. The van der Waals surface area contributed by atoms with Gasteiger partial charge in [0.05, 0.1) is 0 Å². The van der Waals surface area contributed by atoms with Crippen LogP contribution < -0.4 is 10.6 Å². The number of carboxylic acid groups (broad SMARTS) is 1. The number of nitrogens with zero attached hydrogens (tertiary/aromatic N) is 1. The second kappa shape index (κ2) is 10.1. The number of urea groups is 1. The Kier molecular flexibility index (Phi) is 9.22. The molecule has 0 saturated heterocycles. The maximum absolute atomic E-state index is 11.5. The van der Waals surface area contributed by atoms with Gasteiger partial charge in [0.2, 0.25) is 0 Å². The molecule has 0 aromatic rings. The third-order valence-corrected chi connectivity index (χ3v) is 3.03. The van der Waals surface area contributed by atoms with Crippen LogP contribution in [0.2, 0.25) is 0 Å². The van der Waals surface area contributed by atoms with E-state index in [2.05, 4.69) is 42.3 Å². The predicted octanol–water partition coefficient (Wildman–Crippen LogP) is 0.882. The van der Waals surface area contributed by atoms with Gasteiger partial charge < -0.3 is 20.6 Å². The van der Waals surface area contributed by atoms with Crippen molar-refractivity contribution in [1.82, 2.24) is 15.5 Å². The Bertz CT molecular complexity index is 350. The molecule has 20 heavy (non-hydrogen) atoms. The SMILES string of the molecule is C#CCC(NC(=O)NCCCCN(C)C(C)C)C(=O)O. The van der Waals surface area contributed by atoms with Crippen LogP contribution in [0, 0.1) is 12.3 Å². The van der Waals surface area contributed by atoms with Crippen LogP contribution in [0.15, 0.2) is 0 Å². The molecule has 3 N–H and O–H groups in total. The fourth-order valence-corrected chi connectivity index (χ4v) is 1.47. The van der Waals surface area contributed by atoms with E-state index in [-0.39, 0.29) is 6.42 Å². The largest absolute Gasteiger partial charge is 0.480 e. The minimum absolute atomic E-state index is 0.0259. The molecule has 0 aliphatic heterocycles. The average molecular weight is 283 g/mol. The van der Waals surface area contributed by atoms with E-state index in [1.165, 1.54) is 0 Å². The highest BCUT2D eigenvalue weighted by Gasteiger charge is 2.18. The maximum atomic E-state index is 11.5. The zero-order chi connectivity index (χ0) is 15.5. The summed E-state index contributed by atoms with van der Waals surface area (Å²) in [7, 11) is 2.06. The van der Waals surface area contributed by atoms with E-state index in [1.54, 1.807) is 0 Å². The van der Waals surface area contributed by atoms with Gasteiger partial charge in [-0.1, -0.05) is 0 Å². The Balaban J connectivity index is 3.78. The van der Waals surface area contributed by atoms with E-state index >= 15 is 0 Å². The first-order valence-electron chi connectivity index (χ1n) is 6.79. The molecule has 0 spiro atoms. The van der Waals surface area contributed by atoms with Crippen molar-refractivity contribution in [2.75, 3.05) is 20.1 Å². The Morgan fingerprint density at radius 2 is 2.00 bits per heavy atom. The topological polar surface area (TPSA) is 81.7 Å². The van der Waals surface area contributed by atoms with Gasteiger partial charge in [-0.05, 0) is 40.3 Å². The van der Waals surface area contributed by atoms with Crippen LogP contribution >= 0.6 is 0 Å². The molecule has 0 heterocycles. The van der Waals surface area contributed by atoms with Gasteiger partial charge in [-0.2, -0.15) is 0 Å². The van der Waals surface area contributed by atoms with Crippen molar-refractivity contribution < 1.29 is 14.7 Å². The molecular formula is C14H25N3O3. The summed E-state index contributed by atoms with van der Waals surface area (Å²) >= 11 is 0. The number of unbranched alkanes of at least 4 members (excludes halogenated alkanes) is 1. The molecule has 0 aliphatic rings. The summed E-state index contributed by atoms with van der Waals surface area (Å²) in [6.07, 6.45) is 6.84. The highest BCUT2D eigenvalue weighted by molar-refractivity contribution is 5.82. The number of hydrogen-bond acceptors (Lipinski definition) is 3. The van der Waals surface area contributed by atoms with E-state index < -0.39 is 18.0 Å². The number of rotatable bonds is 9. The smallest absolute Gasteiger partial charge is 0.327 e. The van der Waals surface area contributed by atoms with E-state index in [9.17, 15) is 9.59 Å². The van der Waals surface area contributed by atoms with E-state index in [1.807, 2.05) is 0 Å². The first kappa shape index (κ1) is 18.3. The molecule has 6 nitrogen and oxygen atoms in total. The van der Waals surface area contributed by atoms with E-state index in [4.69, 9.17) is 11.5 Å². The number of nitrogens with one attached hydrogen (secondary N) is 2. The molecule has 0 aliphatic carbocycles. The zero-order valence-corrected chi connectivity index (χ0v) is 12.5. The van der Waals surface area contributed by atoms with Crippen molar-refractivity contribution in [1.29, 1.82) is 0 Å². The number of amides is 2. The van der Waals surface area contributed by atoms with Gasteiger partial charge in [0.15, 0.2) is 0 Å². The zero-order valence-electron chi connectivity index (χ0n) is 12.5. The summed E-state index contributed by atoms with van der Waals surface area (Å²) in [4.78, 5) is 24.5. The molecule has 1 atom stereocenters. The molecular weight excluding hydrogens is 258 g/mol. The van der Waals surface area contributed by atoms with Crippen LogP contribution in [0.25, 0.3) is 0 Å². The van der Waals surface area contributed by atoms with E-state index in [0.29, 0.717) is 12.6 Å². The fraction of sp³-hybridized carbons (Fsp3) is 0.714. The maximum Gasteiger partial charge on any atom is 0.327 e. The summed E-state index contributed by atoms with van der Waals surface area (Å²) in [5, 5.41) is 13.8. The third kappa shape index (κ3) is 8.38. The van der Waals surface area contributed by atoms with Gasteiger partial charge >= 0.3 is 12.0 Å². The molecule has 0 aromatic heterocycles. The molecule has 0 rings (SSSR count). The highest BCUT2D eigenvalue weighted by Crippen LogP contribution is 1.97. The lowest BCUT2D eigenvalue weighted by atomic mass is 10.2. The van der Waals surface area contributed by atoms with Crippen molar-refractivity contribution in [2.24, 2.45) is 0 Å². The normalized spacial score (nSPS) is 12.0. The molecule has 0 fully saturated rings. The first-order chi connectivity index (χ1) is 9.38. The number of carbonyl (C=O) groups excluding carboxylic acids is 1. The van der Waals surface area contributed by atoms with Crippen molar-refractivity contribution in [3.8, 4) is 12.3 Å². The number of aliphatic carboxylic acids is 1. The highest BCUT2D eigenvalue weighted by atomic mass is 16.4. The molecule has 114 valence electrons. The Hall–Kier alpha value is -1.74. The van der Waals surface area contributed by atoms with Crippen LogP contribution in [0.3, 0.4) is 0 Å². The van der Waals surface area contributed by atoms with Crippen molar-refractivity contribution >= 4 is 12.0 Å². The summed E-state index contributed by atoms with van der Waals surface area (Å²) in [6.45, 7) is 5.74. The first-order valence-corrected chi connectivity index (χ1v) is 6.79. The lowest BCUT2D eigenvalue weighted by Gasteiger charge is -2.20. The third-order valence-electron chi connectivity index (χ3n) is 3.03. The minimum Gasteiger partial charge on any atom is -0.480 e. The fourth-order valence-electron chi connectivity index (χ4n) is 1.47. The van der Waals surface area contributed by atoms with Crippen LogP contribution in [0.5, 0.6) is 0 Å². The monoisotopic (exact) mass is 283 g/mol. The number of hydrogen-bond donors (Lipinski definition) is 3.